The highest BCUT2D eigenvalue weighted by atomic mass is 16.5. The lowest BCUT2D eigenvalue weighted by atomic mass is 9.91. The van der Waals surface area contributed by atoms with Gasteiger partial charge >= 0.3 is 0 Å². The zero-order valence-electron chi connectivity index (χ0n) is 22.5. The zero-order chi connectivity index (χ0) is 27.1. The van der Waals surface area contributed by atoms with Crippen LogP contribution in [0.2, 0.25) is 0 Å². The quantitative estimate of drug-likeness (QED) is 0.319. The second-order valence-corrected chi connectivity index (χ2v) is 11.5. The van der Waals surface area contributed by atoms with Crippen LogP contribution in [0.15, 0.2) is 66.9 Å². The van der Waals surface area contributed by atoms with Crippen LogP contribution >= 0.6 is 0 Å². The van der Waals surface area contributed by atoms with Crippen LogP contribution in [0.1, 0.15) is 60.6 Å². The van der Waals surface area contributed by atoms with Crippen LogP contribution in [0.4, 0.5) is 5.69 Å². The van der Waals surface area contributed by atoms with E-state index in [9.17, 15) is 9.90 Å². The number of hydrogen-bond acceptors (Lipinski definition) is 6. The predicted octanol–water partition coefficient (Wildman–Crippen LogP) is 5.01. The van der Waals surface area contributed by atoms with Crippen molar-refractivity contribution in [1.29, 1.82) is 0 Å². The van der Waals surface area contributed by atoms with Gasteiger partial charge in [0.25, 0.3) is 5.91 Å². The summed E-state index contributed by atoms with van der Waals surface area (Å²) in [6.45, 7) is 1.29. The number of aromatic nitrogens is 3. The fraction of sp³-hybridized carbons (Fsp3) is 0.406. The molecule has 3 aliphatic rings. The van der Waals surface area contributed by atoms with Gasteiger partial charge in [-0.3, -0.25) is 14.9 Å². The standard InChI is InChI=1S/C32H35N5O3/c38-26-16-24-18-40-19-25(17-26)37(24)23-11-8-21(9-12-23)30-27-15-22(10-13-28(27)35-36-30)32(39)34-31(20-5-1-2-6-20)29-7-3-4-14-33-29/h3-4,7-15,20,24-26,31,38H,1-2,5-6,16-19H2,(H,34,39)(H,35,36)/t24-,25+,26+,31-/m0/s1. The van der Waals surface area contributed by atoms with Crippen molar-refractivity contribution in [2.75, 3.05) is 18.1 Å². The van der Waals surface area contributed by atoms with Crippen molar-refractivity contribution in [3.05, 3.63) is 78.1 Å². The Labute approximate surface area is 233 Å². The van der Waals surface area contributed by atoms with E-state index >= 15 is 0 Å². The Morgan fingerprint density at radius 3 is 2.52 bits per heavy atom. The number of pyridine rings is 1. The van der Waals surface area contributed by atoms with E-state index < -0.39 is 0 Å². The van der Waals surface area contributed by atoms with Gasteiger partial charge in [-0.25, -0.2) is 0 Å². The van der Waals surface area contributed by atoms with Gasteiger partial charge in [-0.15, -0.1) is 0 Å². The van der Waals surface area contributed by atoms with Gasteiger partial charge in [-0.05, 0) is 74.1 Å². The Morgan fingerprint density at radius 2 is 1.80 bits per heavy atom. The molecular formula is C32H35N5O3. The highest BCUT2D eigenvalue weighted by Crippen LogP contribution is 2.37. The molecule has 8 nitrogen and oxygen atoms in total. The number of anilines is 1. The van der Waals surface area contributed by atoms with Crippen LogP contribution < -0.4 is 10.2 Å². The smallest absolute Gasteiger partial charge is 0.251 e. The second kappa shape index (κ2) is 10.7. The van der Waals surface area contributed by atoms with Crippen molar-refractivity contribution in [3.63, 3.8) is 0 Å². The minimum absolute atomic E-state index is 0.0898. The maximum absolute atomic E-state index is 13.5. The summed E-state index contributed by atoms with van der Waals surface area (Å²) < 4.78 is 5.77. The molecule has 3 fully saturated rings. The maximum Gasteiger partial charge on any atom is 0.251 e. The van der Waals surface area contributed by atoms with Crippen LogP contribution in [0.5, 0.6) is 0 Å². The Balaban J connectivity index is 1.14. The van der Waals surface area contributed by atoms with E-state index in [-0.39, 0.29) is 30.1 Å². The van der Waals surface area contributed by atoms with Gasteiger partial charge in [-0.2, -0.15) is 5.10 Å². The molecule has 0 unspecified atom stereocenters. The third-order valence-corrected chi connectivity index (χ3v) is 8.92. The van der Waals surface area contributed by atoms with Crippen LogP contribution in [0.25, 0.3) is 22.2 Å². The number of fused-ring (bicyclic) bond motifs is 3. The molecule has 0 spiro atoms. The number of hydrogen-bond donors (Lipinski definition) is 3. The van der Waals surface area contributed by atoms with Crippen LogP contribution in [-0.4, -0.2) is 57.6 Å². The second-order valence-electron chi connectivity index (χ2n) is 11.5. The van der Waals surface area contributed by atoms with Gasteiger partial charge in [0, 0.05) is 28.4 Å². The number of aliphatic hydroxyl groups excluding tert-OH is 1. The molecule has 4 heterocycles. The molecule has 8 heteroatoms. The summed E-state index contributed by atoms with van der Waals surface area (Å²) in [4.78, 5) is 20.5. The van der Waals surface area contributed by atoms with E-state index in [1.165, 1.54) is 12.8 Å². The number of morpholine rings is 1. The topological polar surface area (TPSA) is 103 Å². The normalized spacial score (nSPS) is 23.8. The molecule has 2 saturated heterocycles. The van der Waals surface area contributed by atoms with Crippen molar-refractivity contribution in [3.8, 4) is 11.3 Å². The van der Waals surface area contributed by atoms with E-state index in [1.54, 1.807) is 6.20 Å². The highest BCUT2D eigenvalue weighted by Gasteiger charge is 2.38. The van der Waals surface area contributed by atoms with Gasteiger partial charge in [-0.1, -0.05) is 31.0 Å². The summed E-state index contributed by atoms with van der Waals surface area (Å²) in [5, 5.41) is 22.2. The first-order chi connectivity index (χ1) is 19.6. The highest BCUT2D eigenvalue weighted by molar-refractivity contribution is 6.01. The summed E-state index contributed by atoms with van der Waals surface area (Å²) in [5.74, 6) is 0.313. The van der Waals surface area contributed by atoms with Gasteiger partial charge < -0.3 is 20.1 Å². The first-order valence-electron chi connectivity index (χ1n) is 14.5. The first kappa shape index (κ1) is 25.2. The van der Waals surface area contributed by atoms with E-state index in [2.05, 4.69) is 49.7 Å². The number of nitrogens with one attached hydrogen (secondary N) is 2. The molecule has 1 amide bonds. The number of piperidine rings is 1. The molecule has 40 heavy (non-hydrogen) atoms. The minimum Gasteiger partial charge on any atom is -0.393 e. The van der Waals surface area contributed by atoms with Gasteiger partial charge in [0.15, 0.2) is 0 Å². The SMILES string of the molecule is O=C(N[C@H](c1ccccn1)C1CCCC1)c1ccc2[nH]nc(-c3ccc(N4[C@@H]5COC[C@H]4C[C@H](O)C5)cc3)c2c1. The molecule has 2 aromatic carbocycles. The lowest BCUT2D eigenvalue weighted by Crippen LogP contribution is -2.58. The van der Waals surface area contributed by atoms with Crippen LogP contribution in [0, 0.1) is 5.92 Å². The number of ether oxygens (including phenoxy) is 1. The Kier molecular flexibility index (Phi) is 6.73. The van der Waals surface area contributed by atoms with E-state index in [0.29, 0.717) is 24.7 Å². The van der Waals surface area contributed by atoms with Crippen molar-refractivity contribution >= 4 is 22.5 Å². The van der Waals surface area contributed by atoms with Crippen molar-refractivity contribution in [1.82, 2.24) is 20.5 Å². The zero-order valence-corrected chi connectivity index (χ0v) is 22.5. The Morgan fingerprint density at radius 1 is 1.02 bits per heavy atom. The first-order valence-corrected chi connectivity index (χ1v) is 14.5. The molecular weight excluding hydrogens is 502 g/mol. The number of carbonyl (C=O) groups excluding carboxylic acids is 1. The fourth-order valence-corrected chi connectivity index (χ4v) is 6.98. The molecule has 4 atom stereocenters. The monoisotopic (exact) mass is 537 g/mol. The van der Waals surface area contributed by atoms with E-state index in [1.807, 2.05) is 36.4 Å². The molecule has 2 aliphatic heterocycles. The van der Waals surface area contributed by atoms with Crippen LogP contribution in [0.3, 0.4) is 0 Å². The number of H-pyrrole nitrogens is 1. The predicted molar refractivity (Wildman–Crippen MR) is 154 cm³/mol. The van der Waals surface area contributed by atoms with Crippen molar-refractivity contribution in [2.45, 2.75) is 62.8 Å². The number of nitrogens with zero attached hydrogens (tertiary/aromatic N) is 3. The lowest BCUT2D eigenvalue weighted by Gasteiger charge is -2.48. The van der Waals surface area contributed by atoms with Gasteiger partial charge in [0.05, 0.1) is 54.3 Å². The number of aromatic amines is 1. The van der Waals surface area contributed by atoms with Crippen LogP contribution in [-0.2, 0) is 4.74 Å². The molecule has 0 radical (unpaired) electrons. The average molecular weight is 538 g/mol. The van der Waals surface area contributed by atoms with Crippen molar-refractivity contribution < 1.29 is 14.6 Å². The number of rotatable bonds is 6. The fourth-order valence-electron chi connectivity index (χ4n) is 6.98. The summed E-state index contributed by atoms with van der Waals surface area (Å²) in [6, 6.07) is 20.4. The largest absolute Gasteiger partial charge is 0.393 e. The Bertz CT molecular complexity index is 1470. The summed E-state index contributed by atoms with van der Waals surface area (Å²) in [7, 11) is 0. The molecule has 2 bridgehead atoms. The molecule has 4 aromatic rings. The average Bonchev–Trinajstić information content (AvgIpc) is 3.66. The van der Waals surface area contributed by atoms with Gasteiger partial charge in [0.2, 0.25) is 0 Å². The number of benzene rings is 2. The summed E-state index contributed by atoms with van der Waals surface area (Å²) in [6.07, 6.45) is 7.61. The van der Waals surface area contributed by atoms with Gasteiger partial charge in [0.1, 0.15) is 0 Å². The minimum atomic E-state index is -0.256. The number of aliphatic hydroxyl groups is 1. The third kappa shape index (κ3) is 4.75. The van der Waals surface area contributed by atoms with E-state index in [4.69, 9.17) is 4.74 Å². The number of carbonyl (C=O) groups is 1. The molecule has 2 aromatic heterocycles. The molecule has 1 saturated carbocycles. The summed E-state index contributed by atoms with van der Waals surface area (Å²) >= 11 is 0. The Hall–Kier alpha value is -3.75. The molecule has 206 valence electrons. The molecule has 3 N–H and O–H groups in total. The molecule has 1 aliphatic carbocycles. The molecule has 7 rings (SSSR count). The number of amides is 1. The third-order valence-electron chi connectivity index (χ3n) is 8.92. The lowest BCUT2D eigenvalue weighted by molar-refractivity contribution is 0.00124. The maximum atomic E-state index is 13.5. The van der Waals surface area contributed by atoms with E-state index in [0.717, 1.165) is 59.2 Å². The van der Waals surface area contributed by atoms with Crippen molar-refractivity contribution in [2.24, 2.45) is 5.92 Å². The summed E-state index contributed by atoms with van der Waals surface area (Å²) in [5.41, 5.74) is 5.39.